The van der Waals surface area contributed by atoms with Crippen LogP contribution in [0.1, 0.15) is 13.8 Å². The number of amides is 1. The summed E-state index contributed by atoms with van der Waals surface area (Å²) in [7, 11) is 0. The highest BCUT2D eigenvalue weighted by Gasteiger charge is 2.27. The van der Waals surface area contributed by atoms with Crippen molar-refractivity contribution in [1.82, 2.24) is 0 Å². The molecule has 5 nitrogen and oxygen atoms in total. The average molecular weight is 275 g/mol. The molecule has 0 unspecified atom stereocenters. The number of nitrogens with one attached hydrogen (secondary N) is 1. The van der Waals surface area contributed by atoms with Crippen LogP contribution in [0, 0.1) is 21.3 Å². The van der Waals surface area contributed by atoms with Crippen molar-refractivity contribution in [2.75, 3.05) is 11.2 Å². The lowest BCUT2D eigenvalue weighted by Gasteiger charge is -2.20. The van der Waals surface area contributed by atoms with Crippen LogP contribution >= 0.6 is 11.6 Å². The molecule has 0 aliphatic heterocycles. The summed E-state index contributed by atoms with van der Waals surface area (Å²) >= 11 is 5.63. The van der Waals surface area contributed by atoms with Crippen LogP contribution in [-0.2, 0) is 4.79 Å². The Morgan fingerprint density at radius 2 is 2.17 bits per heavy atom. The number of hydrogen-bond acceptors (Lipinski definition) is 3. The first-order valence-corrected chi connectivity index (χ1v) is 5.63. The predicted molar refractivity (Wildman–Crippen MR) is 66.2 cm³/mol. The SMILES string of the molecule is CC(C)(CCl)C(=O)Nc1ccc(F)c([N+](=O)[O-])c1. The number of nitro benzene ring substituents is 1. The molecule has 0 bridgehead atoms. The van der Waals surface area contributed by atoms with Crippen molar-refractivity contribution in [2.45, 2.75) is 13.8 Å². The number of carbonyl (C=O) groups is 1. The number of anilines is 1. The van der Waals surface area contributed by atoms with E-state index in [-0.39, 0.29) is 11.6 Å². The fraction of sp³-hybridized carbons (Fsp3) is 0.364. The highest BCUT2D eigenvalue weighted by atomic mass is 35.5. The molecule has 1 amide bonds. The molecule has 18 heavy (non-hydrogen) atoms. The number of benzene rings is 1. The largest absolute Gasteiger partial charge is 0.325 e. The molecule has 0 aromatic heterocycles. The molecule has 98 valence electrons. The minimum atomic E-state index is -0.949. The summed E-state index contributed by atoms with van der Waals surface area (Å²) in [6, 6.07) is 3.16. The minimum Gasteiger partial charge on any atom is -0.325 e. The van der Waals surface area contributed by atoms with Crippen LogP contribution in [0.5, 0.6) is 0 Å². The van der Waals surface area contributed by atoms with Crippen LogP contribution in [-0.4, -0.2) is 16.7 Å². The molecule has 0 aliphatic carbocycles. The van der Waals surface area contributed by atoms with E-state index in [2.05, 4.69) is 5.32 Å². The second kappa shape index (κ2) is 5.30. The third-order valence-electron chi connectivity index (χ3n) is 2.35. The van der Waals surface area contributed by atoms with E-state index < -0.39 is 27.8 Å². The maximum Gasteiger partial charge on any atom is 0.306 e. The van der Waals surface area contributed by atoms with Gasteiger partial charge in [0.1, 0.15) is 0 Å². The first-order valence-electron chi connectivity index (χ1n) is 5.09. The van der Waals surface area contributed by atoms with Gasteiger partial charge in [0.05, 0.1) is 10.3 Å². The number of alkyl halides is 1. The van der Waals surface area contributed by atoms with Crippen molar-refractivity contribution in [1.29, 1.82) is 0 Å². The fourth-order valence-corrected chi connectivity index (χ4v) is 1.21. The molecule has 0 saturated heterocycles. The molecule has 1 rings (SSSR count). The molecular formula is C11H12ClFN2O3. The summed E-state index contributed by atoms with van der Waals surface area (Å²) in [5.41, 5.74) is -1.34. The Morgan fingerprint density at radius 3 is 2.67 bits per heavy atom. The Bertz CT molecular complexity index is 491. The highest BCUT2D eigenvalue weighted by molar-refractivity contribution is 6.20. The number of nitro groups is 1. The van der Waals surface area contributed by atoms with Crippen LogP contribution in [0.2, 0.25) is 0 Å². The van der Waals surface area contributed by atoms with Crippen LogP contribution in [0.3, 0.4) is 0 Å². The lowest BCUT2D eigenvalue weighted by Crippen LogP contribution is -2.32. The Kier molecular flexibility index (Phi) is 4.24. The maximum absolute atomic E-state index is 13.1. The second-order valence-corrected chi connectivity index (χ2v) is 4.66. The predicted octanol–water partition coefficient (Wildman–Crippen LogP) is 2.94. The lowest BCUT2D eigenvalue weighted by atomic mass is 9.95. The number of halogens is 2. The molecule has 1 N–H and O–H groups in total. The fourth-order valence-electron chi connectivity index (χ4n) is 1.09. The van der Waals surface area contributed by atoms with Gasteiger partial charge in [-0.05, 0) is 26.0 Å². The highest BCUT2D eigenvalue weighted by Crippen LogP contribution is 2.24. The van der Waals surface area contributed by atoms with E-state index in [1.165, 1.54) is 6.07 Å². The summed E-state index contributed by atoms with van der Waals surface area (Å²) in [5, 5.41) is 13.0. The van der Waals surface area contributed by atoms with Crippen molar-refractivity contribution in [2.24, 2.45) is 5.41 Å². The molecule has 1 aromatic carbocycles. The van der Waals surface area contributed by atoms with Gasteiger partial charge in [-0.1, -0.05) is 0 Å². The maximum atomic E-state index is 13.1. The van der Waals surface area contributed by atoms with Gasteiger partial charge in [-0.3, -0.25) is 14.9 Å². The molecule has 0 heterocycles. The van der Waals surface area contributed by atoms with Crippen LogP contribution in [0.25, 0.3) is 0 Å². The van der Waals surface area contributed by atoms with E-state index in [9.17, 15) is 19.3 Å². The van der Waals surface area contributed by atoms with Gasteiger partial charge in [-0.2, -0.15) is 4.39 Å². The molecule has 0 spiro atoms. The molecule has 1 aromatic rings. The summed E-state index contributed by atoms with van der Waals surface area (Å²) in [4.78, 5) is 21.5. The molecule has 0 atom stereocenters. The van der Waals surface area contributed by atoms with Crippen LogP contribution < -0.4 is 5.32 Å². The average Bonchev–Trinajstić information content (AvgIpc) is 2.31. The minimum absolute atomic E-state index is 0.0993. The van der Waals surface area contributed by atoms with Crippen LogP contribution in [0.4, 0.5) is 15.8 Å². The number of rotatable bonds is 4. The Labute approximate surface area is 108 Å². The van der Waals surface area contributed by atoms with Gasteiger partial charge in [0.15, 0.2) is 0 Å². The van der Waals surface area contributed by atoms with Crippen molar-refractivity contribution >= 4 is 28.9 Å². The molecule has 7 heteroatoms. The van der Waals surface area contributed by atoms with Gasteiger partial charge in [0.25, 0.3) is 0 Å². The first-order chi connectivity index (χ1) is 8.27. The van der Waals surface area contributed by atoms with E-state index >= 15 is 0 Å². The Morgan fingerprint density at radius 1 is 1.56 bits per heavy atom. The lowest BCUT2D eigenvalue weighted by molar-refractivity contribution is -0.387. The first kappa shape index (κ1) is 14.4. The van der Waals surface area contributed by atoms with Crippen LogP contribution in [0.15, 0.2) is 18.2 Å². The van der Waals surface area contributed by atoms with Gasteiger partial charge >= 0.3 is 5.69 Å². The monoisotopic (exact) mass is 274 g/mol. The zero-order valence-electron chi connectivity index (χ0n) is 9.87. The quantitative estimate of drug-likeness (QED) is 0.521. The number of nitrogens with zero attached hydrogens (tertiary/aromatic N) is 1. The van der Waals surface area contributed by atoms with Crippen molar-refractivity contribution < 1.29 is 14.1 Å². The van der Waals surface area contributed by atoms with E-state index in [0.29, 0.717) is 0 Å². The second-order valence-electron chi connectivity index (χ2n) is 4.39. The molecule has 0 fully saturated rings. The third-order valence-corrected chi connectivity index (χ3v) is 3.02. The number of carbonyl (C=O) groups excluding carboxylic acids is 1. The summed E-state index contributed by atoms with van der Waals surface area (Å²) in [5.74, 6) is -1.24. The smallest absolute Gasteiger partial charge is 0.306 e. The van der Waals surface area contributed by atoms with E-state index in [4.69, 9.17) is 11.6 Å². The van der Waals surface area contributed by atoms with Gasteiger partial charge in [-0.15, -0.1) is 11.6 Å². The standard InChI is InChI=1S/C11H12ClFN2O3/c1-11(2,6-12)10(16)14-7-3-4-8(13)9(5-7)15(17)18/h3-5H,6H2,1-2H3,(H,14,16). The van der Waals surface area contributed by atoms with Gasteiger partial charge < -0.3 is 5.32 Å². The summed E-state index contributed by atoms with van der Waals surface area (Å²) in [6.45, 7) is 3.26. The zero-order chi connectivity index (χ0) is 13.9. The van der Waals surface area contributed by atoms with Gasteiger partial charge in [0, 0.05) is 17.6 Å². The number of hydrogen-bond donors (Lipinski definition) is 1. The van der Waals surface area contributed by atoms with E-state index in [1.807, 2.05) is 0 Å². The van der Waals surface area contributed by atoms with E-state index in [1.54, 1.807) is 13.8 Å². The van der Waals surface area contributed by atoms with Gasteiger partial charge in [0.2, 0.25) is 11.7 Å². The molecular weight excluding hydrogens is 263 g/mol. The van der Waals surface area contributed by atoms with Crippen molar-refractivity contribution in [3.63, 3.8) is 0 Å². The molecule has 0 saturated carbocycles. The van der Waals surface area contributed by atoms with Crippen molar-refractivity contribution in [3.05, 3.63) is 34.1 Å². The normalized spacial score (nSPS) is 11.1. The topological polar surface area (TPSA) is 72.2 Å². The molecule has 0 radical (unpaired) electrons. The van der Waals surface area contributed by atoms with Crippen molar-refractivity contribution in [3.8, 4) is 0 Å². The Hall–Kier alpha value is -1.69. The van der Waals surface area contributed by atoms with E-state index in [0.717, 1.165) is 12.1 Å². The Balaban J connectivity index is 2.96. The molecule has 0 aliphatic rings. The van der Waals surface area contributed by atoms with Gasteiger partial charge in [-0.25, -0.2) is 0 Å². The summed E-state index contributed by atoms with van der Waals surface area (Å²) < 4.78 is 13.1. The summed E-state index contributed by atoms with van der Waals surface area (Å²) in [6.07, 6.45) is 0. The zero-order valence-corrected chi connectivity index (χ0v) is 10.6. The third kappa shape index (κ3) is 3.16.